The first-order valence-corrected chi connectivity index (χ1v) is 14.0. The van der Waals surface area contributed by atoms with Crippen LogP contribution in [0.25, 0.3) is 10.9 Å². The van der Waals surface area contributed by atoms with Gasteiger partial charge in [0.25, 0.3) is 0 Å². The van der Waals surface area contributed by atoms with Crippen molar-refractivity contribution in [2.24, 2.45) is 5.92 Å². The number of fused-ring (bicyclic) bond motifs is 1. The molecule has 0 bridgehead atoms. The molecule has 11 heteroatoms. The van der Waals surface area contributed by atoms with E-state index in [0.717, 1.165) is 58.2 Å². The molecule has 2 fully saturated rings. The fourth-order valence-corrected chi connectivity index (χ4v) is 6.09. The van der Waals surface area contributed by atoms with E-state index >= 15 is 0 Å². The minimum absolute atomic E-state index is 0.0606. The van der Waals surface area contributed by atoms with Gasteiger partial charge in [-0.1, -0.05) is 6.07 Å². The highest BCUT2D eigenvalue weighted by Gasteiger charge is 2.29. The van der Waals surface area contributed by atoms with Gasteiger partial charge >= 0.3 is 6.18 Å². The molecule has 194 valence electrons. The first-order valence-electron chi connectivity index (χ1n) is 12.4. The Morgan fingerprint density at radius 2 is 1.74 bits per heavy atom. The van der Waals surface area contributed by atoms with Gasteiger partial charge in [-0.2, -0.15) is 13.2 Å². The van der Waals surface area contributed by atoms with Gasteiger partial charge in [-0.05, 0) is 69.1 Å². The normalized spacial score (nSPS) is 23.0. The lowest BCUT2D eigenvalue weighted by atomic mass is 9.86. The van der Waals surface area contributed by atoms with Crippen LogP contribution in [0.1, 0.15) is 51.0 Å². The SMILES string of the molecule is CCS(=O)(=O)NC1CCC(CN2CCC(Nc3ncnc4ccc(CC(F)(F)F)cc34)CC2)CC1. The van der Waals surface area contributed by atoms with Crippen molar-refractivity contribution in [2.45, 2.75) is 70.1 Å². The first kappa shape index (κ1) is 26.1. The second-order valence-electron chi connectivity index (χ2n) is 9.82. The van der Waals surface area contributed by atoms with Crippen LogP contribution in [0.5, 0.6) is 0 Å². The number of sulfonamides is 1. The Bertz CT molecular complexity index is 1100. The summed E-state index contributed by atoms with van der Waals surface area (Å²) < 4.78 is 64.9. The van der Waals surface area contributed by atoms with Gasteiger partial charge in [-0.15, -0.1) is 0 Å². The Kier molecular flexibility index (Phi) is 8.17. The van der Waals surface area contributed by atoms with E-state index < -0.39 is 22.6 Å². The van der Waals surface area contributed by atoms with E-state index in [1.807, 2.05) is 0 Å². The zero-order chi connectivity index (χ0) is 25.1. The molecule has 1 saturated carbocycles. The van der Waals surface area contributed by atoms with Crippen LogP contribution in [0.15, 0.2) is 24.5 Å². The van der Waals surface area contributed by atoms with Crippen LogP contribution in [-0.2, 0) is 16.4 Å². The van der Waals surface area contributed by atoms with E-state index in [4.69, 9.17) is 0 Å². The number of nitrogens with one attached hydrogen (secondary N) is 2. The van der Waals surface area contributed by atoms with Crippen molar-refractivity contribution < 1.29 is 21.6 Å². The Morgan fingerprint density at radius 1 is 1.03 bits per heavy atom. The van der Waals surface area contributed by atoms with E-state index in [2.05, 4.69) is 24.9 Å². The van der Waals surface area contributed by atoms with Crippen molar-refractivity contribution in [1.82, 2.24) is 19.6 Å². The topological polar surface area (TPSA) is 87.2 Å². The minimum Gasteiger partial charge on any atom is -0.367 e. The van der Waals surface area contributed by atoms with Gasteiger partial charge in [-0.25, -0.2) is 23.1 Å². The summed E-state index contributed by atoms with van der Waals surface area (Å²) >= 11 is 0. The first-order chi connectivity index (χ1) is 16.6. The summed E-state index contributed by atoms with van der Waals surface area (Å²) in [5.41, 5.74) is 0.831. The lowest BCUT2D eigenvalue weighted by Crippen LogP contribution is -2.43. The lowest BCUT2D eigenvalue weighted by molar-refractivity contribution is -0.127. The van der Waals surface area contributed by atoms with Crippen molar-refractivity contribution >= 4 is 26.7 Å². The van der Waals surface area contributed by atoms with Crippen molar-refractivity contribution in [3.05, 3.63) is 30.1 Å². The number of rotatable bonds is 8. The van der Waals surface area contributed by atoms with Crippen LogP contribution >= 0.6 is 0 Å². The third-order valence-corrected chi connectivity index (χ3v) is 8.57. The maximum atomic E-state index is 12.8. The average molecular weight is 514 g/mol. The summed E-state index contributed by atoms with van der Waals surface area (Å²) in [6.45, 7) is 4.58. The maximum Gasteiger partial charge on any atom is 0.393 e. The molecule has 7 nitrogen and oxygen atoms in total. The van der Waals surface area contributed by atoms with E-state index in [-0.39, 0.29) is 23.4 Å². The third-order valence-electron chi connectivity index (χ3n) is 7.12. The summed E-state index contributed by atoms with van der Waals surface area (Å²) in [4.78, 5) is 11.0. The van der Waals surface area contributed by atoms with Gasteiger partial charge in [0.15, 0.2) is 0 Å². The summed E-state index contributed by atoms with van der Waals surface area (Å²) in [7, 11) is -3.15. The Hall–Kier alpha value is -1.98. The fraction of sp³-hybridized carbons (Fsp3) is 0.667. The molecule has 1 aromatic carbocycles. The number of aromatic nitrogens is 2. The molecule has 0 atom stereocenters. The van der Waals surface area contributed by atoms with Crippen LogP contribution in [0.2, 0.25) is 0 Å². The molecule has 1 aliphatic carbocycles. The molecular formula is C24H34F3N5O2S. The highest BCUT2D eigenvalue weighted by atomic mass is 32.2. The molecule has 35 heavy (non-hydrogen) atoms. The number of alkyl halides is 3. The van der Waals surface area contributed by atoms with Crippen molar-refractivity contribution in [2.75, 3.05) is 30.7 Å². The van der Waals surface area contributed by atoms with Crippen LogP contribution in [0.4, 0.5) is 19.0 Å². The summed E-state index contributed by atoms with van der Waals surface area (Å²) in [5.74, 6) is 1.29. The van der Waals surface area contributed by atoms with Crippen LogP contribution in [0.3, 0.4) is 0 Å². The molecule has 1 aromatic heterocycles. The number of benzene rings is 1. The molecule has 1 saturated heterocycles. The molecule has 2 aromatic rings. The van der Waals surface area contributed by atoms with E-state index in [1.165, 1.54) is 18.5 Å². The van der Waals surface area contributed by atoms with Gasteiger partial charge in [0.05, 0.1) is 17.7 Å². The van der Waals surface area contributed by atoms with E-state index in [1.54, 1.807) is 13.0 Å². The van der Waals surface area contributed by atoms with Gasteiger partial charge in [-0.3, -0.25) is 0 Å². The molecule has 4 rings (SSSR count). The van der Waals surface area contributed by atoms with Crippen molar-refractivity contribution in [3.8, 4) is 0 Å². The minimum atomic E-state index is -4.26. The van der Waals surface area contributed by atoms with Crippen molar-refractivity contribution in [3.63, 3.8) is 0 Å². The summed E-state index contributed by atoms with van der Waals surface area (Å²) in [6, 6.07) is 4.89. The second kappa shape index (κ2) is 11.0. The number of nitrogens with zero attached hydrogens (tertiary/aromatic N) is 3. The Morgan fingerprint density at radius 3 is 2.40 bits per heavy atom. The molecule has 0 spiro atoms. The molecule has 0 unspecified atom stereocenters. The molecule has 2 aliphatic rings. The number of halogens is 3. The Balaban J connectivity index is 1.27. The van der Waals surface area contributed by atoms with Crippen LogP contribution in [-0.4, -0.2) is 66.9 Å². The third kappa shape index (κ3) is 7.50. The standard InChI is InChI=1S/C24H34F3N5O2S/c1-2-35(33,34)31-20-6-3-17(4-7-20)15-32-11-9-19(10-12-32)30-23-21-13-18(14-24(25,26)27)5-8-22(21)28-16-29-23/h5,8,13,16-17,19-20,31H,2-4,6-7,9-12,14-15H2,1H3,(H,28,29,30). The van der Waals surface area contributed by atoms with Gasteiger partial charge in [0.2, 0.25) is 10.0 Å². The number of hydrogen-bond donors (Lipinski definition) is 2. The van der Waals surface area contributed by atoms with Gasteiger partial charge < -0.3 is 10.2 Å². The van der Waals surface area contributed by atoms with Gasteiger partial charge in [0, 0.05) is 37.1 Å². The molecule has 0 amide bonds. The van der Waals surface area contributed by atoms with E-state index in [0.29, 0.717) is 22.6 Å². The molecular weight excluding hydrogens is 479 g/mol. The molecule has 0 radical (unpaired) electrons. The fourth-order valence-electron chi connectivity index (χ4n) is 5.18. The molecule has 1 aliphatic heterocycles. The highest BCUT2D eigenvalue weighted by molar-refractivity contribution is 7.89. The van der Waals surface area contributed by atoms with Gasteiger partial charge in [0.1, 0.15) is 12.1 Å². The monoisotopic (exact) mass is 513 g/mol. The zero-order valence-corrected chi connectivity index (χ0v) is 20.8. The van der Waals surface area contributed by atoms with Crippen LogP contribution < -0.4 is 10.0 Å². The van der Waals surface area contributed by atoms with Crippen LogP contribution in [0, 0.1) is 5.92 Å². The number of anilines is 1. The molecule has 2 N–H and O–H groups in total. The molecule has 2 heterocycles. The number of hydrogen-bond acceptors (Lipinski definition) is 6. The maximum absolute atomic E-state index is 12.8. The van der Waals surface area contributed by atoms with Crippen molar-refractivity contribution in [1.29, 1.82) is 0 Å². The smallest absolute Gasteiger partial charge is 0.367 e. The second-order valence-corrected chi connectivity index (χ2v) is 11.9. The average Bonchev–Trinajstić information content (AvgIpc) is 2.81. The summed E-state index contributed by atoms with van der Waals surface area (Å²) in [5, 5.41) is 4.06. The number of piperidine rings is 1. The largest absolute Gasteiger partial charge is 0.393 e. The highest BCUT2D eigenvalue weighted by Crippen LogP contribution is 2.29. The van der Waals surface area contributed by atoms with E-state index in [9.17, 15) is 21.6 Å². The lowest BCUT2D eigenvalue weighted by Gasteiger charge is -2.37. The predicted molar refractivity (Wildman–Crippen MR) is 131 cm³/mol. The number of likely N-dealkylation sites (tertiary alicyclic amines) is 1. The zero-order valence-electron chi connectivity index (χ0n) is 20.0. The summed E-state index contributed by atoms with van der Waals surface area (Å²) in [6.07, 6.45) is 1.91. The predicted octanol–water partition coefficient (Wildman–Crippen LogP) is 4.11. The Labute approximate surface area is 204 Å². The quantitative estimate of drug-likeness (QED) is 0.553.